The number of ether oxygens (including phenoxy) is 2. The molecule has 1 atom stereocenters. The lowest BCUT2D eigenvalue weighted by molar-refractivity contribution is 0.111. The van der Waals surface area contributed by atoms with Crippen LogP contribution in [0.2, 0.25) is 0 Å². The van der Waals surface area contributed by atoms with E-state index in [0.29, 0.717) is 24.7 Å². The predicted octanol–water partition coefficient (Wildman–Crippen LogP) is 1.14. The number of nitrogens with two attached hydrogens (primary N) is 2. The number of nitrogen functional groups attached to an aromatic ring is 1. The first-order chi connectivity index (χ1) is 7.13. The van der Waals surface area contributed by atoms with Gasteiger partial charge in [0.15, 0.2) is 0 Å². The molecule has 0 aliphatic heterocycles. The van der Waals surface area contributed by atoms with Crippen LogP contribution in [-0.4, -0.2) is 19.8 Å². The van der Waals surface area contributed by atoms with Gasteiger partial charge in [0.25, 0.3) is 0 Å². The maximum atomic E-state index is 5.76. The zero-order chi connectivity index (χ0) is 11.3. The van der Waals surface area contributed by atoms with Crippen LogP contribution in [0.25, 0.3) is 0 Å². The highest BCUT2D eigenvalue weighted by atomic mass is 16.5. The first kappa shape index (κ1) is 11.8. The Balaban J connectivity index is 2.52. The number of anilines is 1. The van der Waals surface area contributed by atoms with Crippen molar-refractivity contribution in [2.24, 2.45) is 5.73 Å². The molecule has 4 heteroatoms. The van der Waals surface area contributed by atoms with Gasteiger partial charge < -0.3 is 20.9 Å². The molecule has 0 spiro atoms. The Kier molecular flexibility index (Phi) is 4.39. The van der Waals surface area contributed by atoms with Crippen molar-refractivity contribution in [2.75, 3.05) is 19.5 Å². The molecule has 0 bridgehead atoms. The van der Waals surface area contributed by atoms with E-state index in [4.69, 9.17) is 20.9 Å². The summed E-state index contributed by atoms with van der Waals surface area (Å²) >= 11 is 0. The molecule has 0 heterocycles. The van der Waals surface area contributed by atoms with E-state index in [9.17, 15) is 0 Å². The molecule has 0 saturated carbocycles. The molecule has 0 fully saturated rings. The highest BCUT2D eigenvalue weighted by Crippen LogP contribution is 2.22. The molecule has 1 rings (SSSR count). The fourth-order valence-electron chi connectivity index (χ4n) is 1.24. The quantitative estimate of drug-likeness (QED) is 0.715. The second-order valence-corrected chi connectivity index (χ2v) is 3.57. The van der Waals surface area contributed by atoms with Gasteiger partial charge in [0.2, 0.25) is 0 Å². The number of hydrogen-bond acceptors (Lipinski definition) is 4. The van der Waals surface area contributed by atoms with E-state index in [0.717, 1.165) is 5.56 Å². The molecule has 0 unspecified atom stereocenters. The Morgan fingerprint density at radius 1 is 1.40 bits per heavy atom. The molecule has 84 valence electrons. The van der Waals surface area contributed by atoms with Crippen molar-refractivity contribution in [1.82, 2.24) is 0 Å². The lowest BCUT2D eigenvalue weighted by Gasteiger charge is -2.09. The van der Waals surface area contributed by atoms with Crippen molar-refractivity contribution in [3.05, 3.63) is 23.8 Å². The molecule has 4 nitrogen and oxygen atoms in total. The maximum Gasteiger partial charge on any atom is 0.141 e. The summed E-state index contributed by atoms with van der Waals surface area (Å²) in [6.45, 7) is 2.98. The van der Waals surface area contributed by atoms with Gasteiger partial charge in [0.1, 0.15) is 5.75 Å². The lowest BCUT2D eigenvalue weighted by atomic mass is 10.2. The summed E-state index contributed by atoms with van der Waals surface area (Å²) in [6.07, 6.45) is 0. The highest BCUT2D eigenvalue weighted by Gasteiger charge is 2.01. The van der Waals surface area contributed by atoms with Gasteiger partial charge in [-0.3, -0.25) is 0 Å². The topological polar surface area (TPSA) is 70.5 Å². The van der Waals surface area contributed by atoms with Crippen molar-refractivity contribution in [1.29, 1.82) is 0 Å². The van der Waals surface area contributed by atoms with Crippen LogP contribution >= 0.6 is 0 Å². The maximum absolute atomic E-state index is 5.76. The summed E-state index contributed by atoms with van der Waals surface area (Å²) in [5.74, 6) is 0.686. The van der Waals surface area contributed by atoms with Gasteiger partial charge in [0.05, 0.1) is 26.0 Å². The zero-order valence-electron chi connectivity index (χ0n) is 9.19. The molecule has 1 aromatic rings. The van der Waals surface area contributed by atoms with Crippen molar-refractivity contribution in [3.63, 3.8) is 0 Å². The Hall–Kier alpha value is -1.26. The second kappa shape index (κ2) is 5.58. The van der Waals surface area contributed by atoms with Crippen molar-refractivity contribution >= 4 is 5.69 Å². The SMILES string of the molecule is COc1ccc(COC[C@@H](C)N)cc1N. The van der Waals surface area contributed by atoms with Gasteiger partial charge in [0, 0.05) is 6.04 Å². The first-order valence-electron chi connectivity index (χ1n) is 4.89. The van der Waals surface area contributed by atoms with Crippen LogP contribution in [0.3, 0.4) is 0 Å². The van der Waals surface area contributed by atoms with E-state index in [2.05, 4.69) is 0 Å². The third-order valence-corrected chi connectivity index (χ3v) is 1.94. The summed E-state index contributed by atoms with van der Waals surface area (Å²) < 4.78 is 10.4. The minimum atomic E-state index is 0.0561. The van der Waals surface area contributed by atoms with E-state index >= 15 is 0 Å². The molecule has 0 amide bonds. The van der Waals surface area contributed by atoms with Crippen molar-refractivity contribution < 1.29 is 9.47 Å². The van der Waals surface area contributed by atoms with Crippen LogP contribution in [0.15, 0.2) is 18.2 Å². The van der Waals surface area contributed by atoms with Crippen LogP contribution in [0.5, 0.6) is 5.75 Å². The van der Waals surface area contributed by atoms with Gasteiger partial charge in [-0.2, -0.15) is 0 Å². The lowest BCUT2D eigenvalue weighted by Crippen LogP contribution is -2.21. The first-order valence-corrected chi connectivity index (χ1v) is 4.89. The Morgan fingerprint density at radius 3 is 2.67 bits per heavy atom. The van der Waals surface area contributed by atoms with Gasteiger partial charge in [-0.15, -0.1) is 0 Å². The number of benzene rings is 1. The summed E-state index contributed by atoms with van der Waals surface area (Å²) in [5.41, 5.74) is 13.0. The van der Waals surface area contributed by atoms with Crippen molar-refractivity contribution in [3.8, 4) is 5.75 Å². The molecule has 0 radical (unpaired) electrons. The van der Waals surface area contributed by atoms with Gasteiger partial charge >= 0.3 is 0 Å². The minimum Gasteiger partial charge on any atom is -0.495 e. The van der Waals surface area contributed by atoms with Crippen LogP contribution in [0.1, 0.15) is 12.5 Å². The van der Waals surface area contributed by atoms with Gasteiger partial charge in [-0.25, -0.2) is 0 Å². The largest absolute Gasteiger partial charge is 0.495 e. The molecule has 0 aliphatic carbocycles. The molecule has 0 saturated heterocycles. The standard InChI is InChI=1S/C11H18N2O2/c1-8(12)6-15-7-9-3-4-11(14-2)10(13)5-9/h3-5,8H,6-7,12-13H2,1-2H3/t8-/m1/s1. The molecule has 0 aliphatic rings. The normalized spacial score (nSPS) is 12.5. The summed E-state index contributed by atoms with van der Waals surface area (Å²) in [6, 6.07) is 5.66. The average Bonchev–Trinajstić information content (AvgIpc) is 2.17. The Morgan fingerprint density at radius 2 is 2.13 bits per heavy atom. The minimum absolute atomic E-state index is 0.0561. The van der Waals surface area contributed by atoms with E-state index in [-0.39, 0.29) is 6.04 Å². The molecular weight excluding hydrogens is 192 g/mol. The third-order valence-electron chi connectivity index (χ3n) is 1.94. The number of rotatable bonds is 5. The van der Waals surface area contributed by atoms with E-state index in [1.165, 1.54) is 0 Å². The van der Waals surface area contributed by atoms with Crippen molar-refractivity contribution in [2.45, 2.75) is 19.6 Å². The van der Waals surface area contributed by atoms with E-state index < -0.39 is 0 Å². The molecule has 0 aromatic heterocycles. The molecule has 1 aromatic carbocycles. The van der Waals surface area contributed by atoms with Crippen LogP contribution in [0, 0.1) is 0 Å². The summed E-state index contributed by atoms with van der Waals surface area (Å²) in [4.78, 5) is 0. The fourth-order valence-corrected chi connectivity index (χ4v) is 1.24. The molecular formula is C11H18N2O2. The average molecular weight is 210 g/mol. The van der Waals surface area contributed by atoms with Crippen LogP contribution in [0.4, 0.5) is 5.69 Å². The second-order valence-electron chi connectivity index (χ2n) is 3.57. The molecule has 4 N–H and O–H groups in total. The smallest absolute Gasteiger partial charge is 0.141 e. The van der Waals surface area contributed by atoms with Crippen LogP contribution < -0.4 is 16.2 Å². The zero-order valence-corrected chi connectivity index (χ0v) is 9.19. The predicted molar refractivity (Wildman–Crippen MR) is 60.7 cm³/mol. The summed E-state index contributed by atoms with van der Waals surface area (Å²) in [5, 5.41) is 0. The fraction of sp³-hybridized carbons (Fsp3) is 0.455. The number of methoxy groups -OCH3 is 1. The third kappa shape index (κ3) is 3.77. The highest BCUT2D eigenvalue weighted by molar-refractivity contribution is 5.54. The van der Waals surface area contributed by atoms with Gasteiger partial charge in [-0.1, -0.05) is 6.07 Å². The van der Waals surface area contributed by atoms with E-state index in [1.807, 2.05) is 25.1 Å². The summed E-state index contributed by atoms with van der Waals surface area (Å²) in [7, 11) is 1.60. The van der Waals surface area contributed by atoms with Crippen LogP contribution in [-0.2, 0) is 11.3 Å². The van der Waals surface area contributed by atoms with Gasteiger partial charge in [-0.05, 0) is 24.6 Å². The Bertz CT molecular complexity index is 313. The Labute approximate surface area is 90.2 Å². The molecule has 15 heavy (non-hydrogen) atoms. The number of hydrogen-bond donors (Lipinski definition) is 2. The van der Waals surface area contributed by atoms with E-state index in [1.54, 1.807) is 7.11 Å². The monoisotopic (exact) mass is 210 g/mol.